The summed E-state index contributed by atoms with van der Waals surface area (Å²) in [6, 6.07) is 0.603. The fourth-order valence-corrected chi connectivity index (χ4v) is 2.04. The van der Waals surface area contributed by atoms with Gasteiger partial charge >= 0.3 is 0 Å². The van der Waals surface area contributed by atoms with Crippen molar-refractivity contribution in [1.29, 1.82) is 0 Å². The van der Waals surface area contributed by atoms with E-state index >= 15 is 0 Å². The summed E-state index contributed by atoms with van der Waals surface area (Å²) >= 11 is 0. The van der Waals surface area contributed by atoms with Crippen molar-refractivity contribution in [2.75, 3.05) is 26.2 Å². The van der Waals surface area contributed by atoms with E-state index in [2.05, 4.69) is 17.1 Å². The third-order valence-corrected chi connectivity index (χ3v) is 2.86. The Kier molecular flexibility index (Phi) is 5.65. The molecule has 1 rings (SSSR count). The lowest BCUT2D eigenvalue weighted by atomic mass is 10.1. The van der Waals surface area contributed by atoms with Gasteiger partial charge in [-0.25, -0.2) is 0 Å². The summed E-state index contributed by atoms with van der Waals surface area (Å²) < 4.78 is 0. The molecule has 1 amide bonds. The van der Waals surface area contributed by atoms with Gasteiger partial charge in [-0.1, -0.05) is 6.92 Å². The minimum absolute atomic E-state index is 0.196. The minimum atomic E-state index is -0.196. The Labute approximate surface area is 92.2 Å². The number of carbonyl (C=O) groups is 1. The molecule has 4 heteroatoms. The minimum Gasteiger partial charge on any atom is -0.370 e. The highest BCUT2D eigenvalue weighted by atomic mass is 16.1. The van der Waals surface area contributed by atoms with Gasteiger partial charge in [0.2, 0.25) is 5.91 Å². The summed E-state index contributed by atoms with van der Waals surface area (Å²) in [4.78, 5) is 13.0. The number of nitrogens with one attached hydrogen (secondary N) is 1. The van der Waals surface area contributed by atoms with E-state index in [1.807, 2.05) is 0 Å². The van der Waals surface area contributed by atoms with Gasteiger partial charge < -0.3 is 16.0 Å². The van der Waals surface area contributed by atoms with Gasteiger partial charge in [0.25, 0.3) is 0 Å². The number of amides is 1. The first-order valence-electron chi connectivity index (χ1n) is 5.96. The maximum atomic E-state index is 10.7. The van der Waals surface area contributed by atoms with Gasteiger partial charge in [0.1, 0.15) is 0 Å². The number of rotatable bonds is 6. The van der Waals surface area contributed by atoms with Crippen molar-refractivity contribution in [3.63, 3.8) is 0 Å². The molecule has 1 atom stereocenters. The zero-order valence-electron chi connectivity index (χ0n) is 9.67. The van der Waals surface area contributed by atoms with Crippen molar-refractivity contribution in [3.8, 4) is 0 Å². The topological polar surface area (TPSA) is 58.4 Å². The molecule has 0 radical (unpaired) electrons. The molecule has 0 bridgehead atoms. The second-order valence-electron chi connectivity index (χ2n) is 4.31. The van der Waals surface area contributed by atoms with Crippen molar-refractivity contribution in [1.82, 2.24) is 10.2 Å². The van der Waals surface area contributed by atoms with Gasteiger partial charge in [-0.15, -0.1) is 0 Å². The second kappa shape index (κ2) is 6.80. The van der Waals surface area contributed by atoms with E-state index in [0.717, 1.165) is 26.2 Å². The van der Waals surface area contributed by atoms with Gasteiger partial charge in [0.05, 0.1) is 0 Å². The SMILES string of the molecule is CCCNC1CCCN(CCC(N)=O)C1. The number of piperidine rings is 1. The van der Waals surface area contributed by atoms with E-state index in [0.29, 0.717) is 12.5 Å². The Morgan fingerprint density at radius 2 is 2.40 bits per heavy atom. The highest BCUT2D eigenvalue weighted by Crippen LogP contribution is 2.10. The molecule has 1 unspecified atom stereocenters. The van der Waals surface area contributed by atoms with E-state index in [1.165, 1.54) is 19.3 Å². The molecule has 0 aromatic carbocycles. The first-order valence-corrected chi connectivity index (χ1v) is 5.96. The van der Waals surface area contributed by atoms with Crippen LogP contribution in [-0.2, 0) is 4.79 Å². The van der Waals surface area contributed by atoms with Crippen LogP contribution in [0.5, 0.6) is 0 Å². The average molecular weight is 213 g/mol. The lowest BCUT2D eigenvalue weighted by Gasteiger charge is -2.33. The number of hydrogen-bond donors (Lipinski definition) is 2. The number of nitrogens with two attached hydrogens (primary N) is 1. The Morgan fingerprint density at radius 3 is 3.07 bits per heavy atom. The van der Waals surface area contributed by atoms with Crippen LogP contribution in [0, 0.1) is 0 Å². The van der Waals surface area contributed by atoms with E-state index < -0.39 is 0 Å². The molecular weight excluding hydrogens is 190 g/mol. The van der Waals surface area contributed by atoms with E-state index in [-0.39, 0.29) is 5.91 Å². The first kappa shape index (κ1) is 12.5. The zero-order valence-corrected chi connectivity index (χ0v) is 9.67. The molecule has 4 nitrogen and oxygen atoms in total. The molecule has 0 aromatic heterocycles. The van der Waals surface area contributed by atoms with Crippen molar-refractivity contribution in [2.45, 2.75) is 38.6 Å². The lowest BCUT2D eigenvalue weighted by Crippen LogP contribution is -2.46. The highest BCUT2D eigenvalue weighted by molar-refractivity contribution is 5.73. The van der Waals surface area contributed by atoms with Crippen LogP contribution >= 0.6 is 0 Å². The predicted octanol–water partition coefficient (Wildman–Crippen LogP) is 0.326. The van der Waals surface area contributed by atoms with Gasteiger partial charge in [-0.05, 0) is 32.4 Å². The molecule has 1 aliphatic rings. The molecule has 1 heterocycles. The molecular formula is C11H23N3O. The third kappa shape index (κ3) is 5.14. The quantitative estimate of drug-likeness (QED) is 0.668. The summed E-state index contributed by atoms with van der Waals surface area (Å²) in [6.45, 7) is 6.26. The smallest absolute Gasteiger partial charge is 0.218 e. The highest BCUT2D eigenvalue weighted by Gasteiger charge is 2.18. The molecule has 0 saturated carbocycles. The van der Waals surface area contributed by atoms with Crippen molar-refractivity contribution in [2.24, 2.45) is 5.73 Å². The molecule has 1 aliphatic heterocycles. The largest absolute Gasteiger partial charge is 0.370 e. The fraction of sp³-hybridized carbons (Fsp3) is 0.909. The number of primary amides is 1. The number of carbonyl (C=O) groups excluding carboxylic acids is 1. The van der Waals surface area contributed by atoms with E-state index in [4.69, 9.17) is 5.73 Å². The molecule has 0 aromatic rings. The second-order valence-corrected chi connectivity index (χ2v) is 4.31. The number of likely N-dealkylation sites (tertiary alicyclic amines) is 1. The third-order valence-electron chi connectivity index (χ3n) is 2.86. The lowest BCUT2D eigenvalue weighted by molar-refractivity contribution is -0.118. The molecule has 1 fully saturated rings. The first-order chi connectivity index (χ1) is 7.22. The molecule has 15 heavy (non-hydrogen) atoms. The van der Waals surface area contributed by atoms with Gasteiger partial charge in [0.15, 0.2) is 0 Å². The molecule has 0 spiro atoms. The van der Waals surface area contributed by atoms with Crippen LogP contribution in [0.25, 0.3) is 0 Å². The number of nitrogens with zero attached hydrogens (tertiary/aromatic N) is 1. The van der Waals surface area contributed by atoms with Crippen LogP contribution in [0.1, 0.15) is 32.6 Å². The van der Waals surface area contributed by atoms with Crippen LogP contribution in [0.3, 0.4) is 0 Å². The molecule has 3 N–H and O–H groups in total. The molecule has 88 valence electrons. The number of hydrogen-bond acceptors (Lipinski definition) is 3. The fourth-order valence-electron chi connectivity index (χ4n) is 2.04. The van der Waals surface area contributed by atoms with E-state index in [1.54, 1.807) is 0 Å². The van der Waals surface area contributed by atoms with Crippen LogP contribution in [0.4, 0.5) is 0 Å². The van der Waals surface area contributed by atoms with Gasteiger partial charge in [-0.2, -0.15) is 0 Å². The van der Waals surface area contributed by atoms with E-state index in [9.17, 15) is 4.79 Å². The Hall–Kier alpha value is -0.610. The Balaban J connectivity index is 2.19. The zero-order chi connectivity index (χ0) is 11.1. The van der Waals surface area contributed by atoms with Gasteiger partial charge in [0, 0.05) is 25.6 Å². The summed E-state index contributed by atoms with van der Waals surface area (Å²) in [5, 5.41) is 3.53. The van der Waals surface area contributed by atoms with Crippen molar-refractivity contribution < 1.29 is 4.79 Å². The summed E-state index contributed by atoms with van der Waals surface area (Å²) in [5.74, 6) is -0.196. The van der Waals surface area contributed by atoms with Crippen molar-refractivity contribution in [3.05, 3.63) is 0 Å². The normalized spacial score (nSPS) is 22.9. The summed E-state index contributed by atoms with van der Waals surface area (Å²) in [7, 11) is 0. The van der Waals surface area contributed by atoms with Crippen LogP contribution in [-0.4, -0.2) is 43.0 Å². The maximum absolute atomic E-state index is 10.7. The molecule has 0 aliphatic carbocycles. The van der Waals surface area contributed by atoms with Crippen LogP contribution in [0.2, 0.25) is 0 Å². The van der Waals surface area contributed by atoms with Gasteiger partial charge in [-0.3, -0.25) is 4.79 Å². The predicted molar refractivity (Wildman–Crippen MR) is 61.6 cm³/mol. The standard InChI is InChI=1S/C11H23N3O/c1-2-6-13-10-4-3-7-14(9-10)8-5-11(12)15/h10,13H,2-9H2,1H3,(H2,12,15). The van der Waals surface area contributed by atoms with Crippen LogP contribution in [0.15, 0.2) is 0 Å². The summed E-state index contributed by atoms with van der Waals surface area (Å²) in [5.41, 5.74) is 5.14. The Bertz CT molecular complexity index is 196. The molecule has 1 saturated heterocycles. The average Bonchev–Trinajstić information content (AvgIpc) is 2.24. The summed E-state index contributed by atoms with van der Waals surface area (Å²) in [6.07, 6.45) is 4.14. The van der Waals surface area contributed by atoms with Crippen LogP contribution < -0.4 is 11.1 Å². The maximum Gasteiger partial charge on any atom is 0.218 e. The van der Waals surface area contributed by atoms with Crippen molar-refractivity contribution >= 4 is 5.91 Å². The Morgan fingerprint density at radius 1 is 1.60 bits per heavy atom. The monoisotopic (exact) mass is 213 g/mol.